The topological polar surface area (TPSA) is 0 Å². The fraction of sp³-hybridized carbons (Fsp3) is 0.909. The molecule has 74 valence electrons. The van der Waals surface area contributed by atoms with Crippen molar-refractivity contribution in [1.29, 1.82) is 0 Å². The van der Waals surface area contributed by atoms with Crippen LogP contribution in [-0.4, -0.2) is 8.07 Å². The van der Waals surface area contributed by atoms with Gasteiger partial charge in [0.15, 0.2) is 0 Å². The van der Waals surface area contributed by atoms with Crippen LogP contribution in [0.3, 0.4) is 0 Å². The van der Waals surface area contributed by atoms with E-state index in [1.807, 2.05) is 0 Å². The maximum Gasteiger partial charge on any atom is 1.00 e. The molecule has 0 heterocycles. The van der Waals surface area contributed by atoms with Crippen molar-refractivity contribution in [2.24, 2.45) is 0 Å². The molecule has 0 aromatic heterocycles. The standard InChI is InChI=1S/C11H25Si.Li/c1-5-6-7-8-9-10-11-12(2,3)4;/h1,5-11H2,2-4H3;/q-1;+1. The van der Waals surface area contributed by atoms with Crippen LogP contribution in [0.15, 0.2) is 0 Å². The summed E-state index contributed by atoms with van der Waals surface area (Å²) in [4.78, 5) is 0. The Hall–Kier alpha value is 0.814. The second kappa shape index (κ2) is 9.37. The van der Waals surface area contributed by atoms with Crippen LogP contribution >= 0.6 is 0 Å². The fourth-order valence-electron chi connectivity index (χ4n) is 1.36. The van der Waals surface area contributed by atoms with Crippen molar-refractivity contribution in [3.05, 3.63) is 6.92 Å². The van der Waals surface area contributed by atoms with E-state index in [-0.39, 0.29) is 18.9 Å². The van der Waals surface area contributed by atoms with Gasteiger partial charge in [0, 0.05) is 8.07 Å². The average molecular weight is 192 g/mol. The van der Waals surface area contributed by atoms with Gasteiger partial charge in [0.05, 0.1) is 0 Å². The quantitative estimate of drug-likeness (QED) is 0.326. The van der Waals surface area contributed by atoms with E-state index in [0.29, 0.717) is 0 Å². The molecule has 0 spiro atoms. The van der Waals surface area contributed by atoms with Gasteiger partial charge in [-0.3, -0.25) is 0 Å². The van der Waals surface area contributed by atoms with E-state index in [2.05, 4.69) is 26.6 Å². The van der Waals surface area contributed by atoms with Gasteiger partial charge in [-0.05, 0) is 0 Å². The Bertz CT molecular complexity index is 96.8. The molecule has 0 aliphatic carbocycles. The summed E-state index contributed by atoms with van der Waals surface area (Å²) in [6, 6.07) is 1.51. The predicted octanol–water partition coefficient (Wildman–Crippen LogP) is 1.50. The van der Waals surface area contributed by atoms with Crippen molar-refractivity contribution in [2.75, 3.05) is 0 Å². The smallest absolute Gasteiger partial charge is 0.343 e. The van der Waals surface area contributed by atoms with Crippen LogP contribution in [0.4, 0.5) is 0 Å². The Balaban J connectivity index is 0. The van der Waals surface area contributed by atoms with E-state index in [9.17, 15) is 0 Å². The summed E-state index contributed by atoms with van der Waals surface area (Å²) in [5.74, 6) is 0. The minimum atomic E-state index is -0.738. The van der Waals surface area contributed by atoms with Crippen molar-refractivity contribution < 1.29 is 18.9 Å². The van der Waals surface area contributed by atoms with Crippen LogP contribution in [0.25, 0.3) is 0 Å². The third-order valence-corrected chi connectivity index (χ3v) is 4.03. The SMILES string of the molecule is [CH2-]CCCCCCC[Si](C)(C)C.[Li+]. The molecule has 0 aliphatic heterocycles. The fourth-order valence-corrected chi connectivity index (χ4v) is 2.67. The third-order valence-electron chi connectivity index (χ3n) is 2.18. The van der Waals surface area contributed by atoms with Gasteiger partial charge in [0.1, 0.15) is 0 Å². The Kier molecular flexibility index (Phi) is 11.7. The molecule has 0 atom stereocenters. The molecular formula is C11H25LiSi. The summed E-state index contributed by atoms with van der Waals surface area (Å²) < 4.78 is 0. The number of rotatable bonds is 7. The Morgan fingerprint density at radius 1 is 0.846 bits per heavy atom. The van der Waals surface area contributed by atoms with Crippen molar-refractivity contribution in [3.63, 3.8) is 0 Å². The summed E-state index contributed by atoms with van der Waals surface area (Å²) >= 11 is 0. The zero-order chi connectivity index (χ0) is 9.45. The summed E-state index contributed by atoms with van der Waals surface area (Å²) in [5, 5.41) is 0. The number of hydrogen-bond donors (Lipinski definition) is 0. The van der Waals surface area contributed by atoms with Gasteiger partial charge in [0.2, 0.25) is 0 Å². The van der Waals surface area contributed by atoms with Crippen molar-refractivity contribution in [1.82, 2.24) is 0 Å². The molecule has 0 saturated carbocycles. The van der Waals surface area contributed by atoms with Crippen molar-refractivity contribution in [2.45, 2.75) is 64.2 Å². The molecular weight excluding hydrogens is 167 g/mol. The third kappa shape index (κ3) is 15.6. The molecule has 0 aromatic carbocycles. The van der Waals surface area contributed by atoms with Crippen LogP contribution in [-0.2, 0) is 0 Å². The van der Waals surface area contributed by atoms with E-state index in [0.717, 1.165) is 6.42 Å². The van der Waals surface area contributed by atoms with Gasteiger partial charge in [-0.1, -0.05) is 57.8 Å². The average Bonchev–Trinajstić information content (AvgIpc) is 1.94. The summed E-state index contributed by atoms with van der Waals surface area (Å²) in [7, 11) is -0.738. The maximum atomic E-state index is 3.85. The molecule has 2 heteroatoms. The van der Waals surface area contributed by atoms with Gasteiger partial charge >= 0.3 is 18.9 Å². The minimum Gasteiger partial charge on any atom is -0.343 e. The second-order valence-corrected chi connectivity index (χ2v) is 10.6. The predicted molar refractivity (Wildman–Crippen MR) is 61.2 cm³/mol. The first-order valence-electron chi connectivity index (χ1n) is 5.35. The first-order chi connectivity index (χ1) is 5.56. The summed E-state index contributed by atoms with van der Waals surface area (Å²) in [5.41, 5.74) is 0. The molecule has 0 aliphatic rings. The Morgan fingerprint density at radius 3 is 1.77 bits per heavy atom. The van der Waals surface area contributed by atoms with Crippen LogP contribution in [0.1, 0.15) is 38.5 Å². The second-order valence-electron chi connectivity index (χ2n) is 4.93. The van der Waals surface area contributed by atoms with E-state index in [1.165, 1.54) is 38.1 Å². The largest absolute Gasteiger partial charge is 1.00 e. The first-order valence-corrected chi connectivity index (χ1v) is 9.06. The molecule has 0 saturated heterocycles. The molecule has 0 N–H and O–H groups in total. The van der Waals surface area contributed by atoms with Crippen LogP contribution < -0.4 is 18.9 Å². The first kappa shape index (κ1) is 16.3. The molecule has 0 aromatic rings. The van der Waals surface area contributed by atoms with E-state index in [4.69, 9.17) is 0 Å². The summed E-state index contributed by atoms with van der Waals surface area (Å²) in [6.07, 6.45) is 8.19. The molecule has 0 bridgehead atoms. The molecule has 0 amide bonds. The van der Waals surface area contributed by atoms with Gasteiger partial charge < -0.3 is 6.92 Å². The van der Waals surface area contributed by atoms with Crippen LogP contribution in [0.2, 0.25) is 25.7 Å². The molecule has 0 unspecified atom stereocenters. The van der Waals surface area contributed by atoms with Gasteiger partial charge in [-0.2, -0.15) is 6.42 Å². The molecule has 0 radical (unpaired) electrons. The van der Waals surface area contributed by atoms with E-state index < -0.39 is 8.07 Å². The Morgan fingerprint density at radius 2 is 1.31 bits per heavy atom. The van der Waals surface area contributed by atoms with Crippen molar-refractivity contribution >= 4 is 8.07 Å². The van der Waals surface area contributed by atoms with Gasteiger partial charge in [-0.25, -0.2) is 0 Å². The Labute approximate surface area is 98.1 Å². The van der Waals surface area contributed by atoms with E-state index in [1.54, 1.807) is 0 Å². The molecule has 13 heavy (non-hydrogen) atoms. The van der Waals surface area contributed by atoms with Crippen LogP contribution in [0.5, 0.6) is 0 Å². The summed E-state index contributed by atoms with van der Waals surface area (Å²) in [6.45, 7) is 11.2. The number of hydrogen-bond acceptors (Lipinski definition) is 0. The maximum absolute atomic E-state index is 3.85. The van der Waals surface area contributed by atoms with Crippen molar-refractivity contribution in [3.8, 4) is 0 Å². The minimum absolute atomic E-state index is 0. The van der Waals surface area contributed by atoms with E-state index >= 15 is 0 Å². The zero-order valence-electron chi connectivity index (χ0n) is 10.2. The zero-order valence-corrected chi connectivity index (χ0v) is 11.2. The molecule has 0 fully saturated rings. The van der Waals surface area contributed by atoms with Gasteiger partial charge in [-0.15, -0.1) is 0 Å². The normalized spacial score (nSPS) is 11.1. The molecule has 0 rings (SSSR count). The monoisotopic (exact) mass is 192 g/mol. The van der Waals surface area contributed by atoms with Gasteiger partial charge in [0.25, 0.3) is 0 Å². The number of unbranched alkanes of at least 4 members (excludes halogenated alkanes) is 5. The van der Waals surface area contributed by atoms with Crippen LogP contribution in [0, 0.1) is 6.92 Å². The molecule has 0 nitrogen and oxygen atoms in total.